The van der Waals surface area contributed by atoms with Crippen molar-refractivity contribution < 1.29 is 4.74 Å². The molecule has 1 saturated heterocycles. The van der Waals surface area contributed by atoms with E-state index >= 15 is 0 Å². The van der Waals surface area contributed by atoms with E-state index in [1.807, 2.05) is 6.92 Å². The smallest absolute Gasteiger partial charge is 0.0593 e. The predicted molar refractivity (Wildman–Crippen MR) is 79.3 cm³/mol. The fraction of sp³-hybridized carbons (Fsp3) is 0.625. The third-order valence-corrected chi connectivity index (χ3v) is 4.11. The van der Waals surface area contributed by atoms with Crippen LogP contribution in [0.1, 0.15) is 25.3 Å². The molecule has 0 bridgehead atoms. The number of nitrogens with two attached hydrogens (primary N) is 1. The molecule has 1 aromatic rings. The molecule has 2 rings (SSSR count). The normalized spacial score (nSPS) is 28.5. The summed E-state index contributed by atoms with van der Waals surface area (Å²) in [4.78, 5) is 2.49. The predicted octanol–water partition coefficient (Wildman–Crippen LogP) is 2.09. The van der Waals surface area contributed by atoms with Gasteiger partial charge in [0.2, 0.25) is 0 Å². The minimum Gasteiger partial charge on any atom is -0.380 e. The highest BCUT2D eigenvalue weighted by molar-refractivity contribution is 5.23. The van der Waals surface area contributed by atoms with Gasteiger partial charge in [0.15, 0.2) is 0 Å². The van der Waals surface area contributed by atoms with Gasteiger partial charge >= 0.3 is 0 Å². The van der Waals surface area contributed by atoms with Crippen molar-refractivity contribution in [3.63, 3.8) is 0 Å². The van der Waals surface area contributed by atoms with E-state index in [4.69, 9.17) is 10.5 Å². The van der Waals surface area contributed by atoms with Crippen molar-refractivity contribution in [3.05, 3.63) is 35.9 Å². The second kappa shape index (κ2) is 7.04. The van der Waals surface area contributed by atoms with Crippen LogP contribution in [0.2, 0.25) is 0 Å². The van der Waals surface area contributed by atoms with Crippen LogP contribution in [0, 0.1) is 5.92 Å². The molecule has 1 unspecified atom stereocenters. The molecular weight excluding hydrogens is 236 g/mol. The van der Waals surface area contributed by atoms with E-state index in [9.17, 15) is 0 Å². The molecule has 106 valence electrons. The molecule has 3 heteroatoms. The number of hydrogen-bond donors (Lipinski definition) is 1. The van der Waals surface area contributed by atoms with Crippen LogP contribution in [0.5, 0.6) is 0 Å². The molecule has 2 N–H and O–H groups in total. The average Bonchev–Trinajstić information content (AvgIpc) is 2.44. The number of ether oxygens (including phenoxy) is 1. The van der Waals surface area contributed by atoms with E-state index in [1.54, 1.807) is 0 Å². The van der Waals surface area contributed by atoms with E-state index in [0.29, 0.717) is 11.8 Å². The maximum Gasteiger partial charge on any atom is 0.0593 e. The SMILES string of the molecule is CCOCCN1CC(c2ccccc2)[C@H](N)[C@@H](C)C1. The maximum absolute atomic E-state index is 6.41. The van der Waals surface area contributed by atoms with E-state index < -0.39 is 0 Å². The van der Waals surface area contributed by atoms with E-state index in [0.717, 1.165) is 32.8 Å². The molecule has 1 fully saturated rings. The summed E-state index contributed by atoms with van der Waals surface area (Å²) in [5.74, 6) is 0.965. The fourth-order valence-corrected chi connectivity index (χ4v) is 2.95. The summed E-state index contributed by atoms with van der Waals surface area (Å²) >= 11 is 0. The molecule has 3 nitrogen and oxygen atoms in total. The summed E-state index contributed by atoms with van der Waals surface area (Å²) in [6.45, 7) is 9.05. The Morgan fingerprint density at radius 3 is 2.68 bits per heavy atom. The first-order chi connectivity index (χ1) is 9.22. The zero-order valence-corrected chi connectivity index (χ0v) is 12.1. The molecule has 0 radical (unpaired) electrons. The van der Waals surface area contributed by atoms with E-state index in [-0.39, 0.29) is 6.04 Å². The van der Waals surface area contributed by atoms with Crippen molar-refractivity contribution in [2.75, 3.05) is 32.8 Å². The zero-order chi connectivity index (χ0) is 13.7. The van der Waals surface area contributed by atoms with Crippen LogP contribution in [-0.2, 0) is 4.74 Å². The van der Waals surface area contributed by atoms with Gasteiger partial charge in [-0.1, -0.05) is 37.3 Å². The molecular formula is C16H26N2O. The van der Waals surface area contributed by atoms with Crippen molar-refractivity contribution in [2.24, 2.45) is 11.7 Å². The van der Waals surface area contributed by atoms with Crippen molar-refractivity contribution in [1.29, 1.82) is 0 Å². The lowest BCUT2D eigenvalue weighted by atomic mass is 9.81. The second-order valence-corrected chi connectivity index (χ2v) is 5.53. The van der Waals surface area contributed by atoms with Crippen LogP contribution < -0.4 is 5.73 Å². The summed E-state index contributed by atoms with van der Waals surface area (Å²) in [5, 5.41) is 0. The molecule has 0 amide bonds. The van der Waals surface area contributed by atoms with Crippen LogP contribution in [0.15, 0.2) is 30.3 Å². The Kier molecular flexibility index (Phi) is 5.37. The Morgan fingerprint density at radius 2 is 2.00 bits per heavy atom. The Hall–Kier alpha value is -0.900. The Balaban J connectivity index is 2.01. The fourth-order valence-electron chi connectivity index (χ4n) is 2.95. The third kappa shape index (κ3) is 3.78. The number of nitrogens with zero attached hydrogens (tertiary/aromatic N) is 1. The van der Waals surface area contributed by atoms with Gasteiger partial charge in [-0.15, -0.1) is 0 Å². The van der Waals surface area contributed by atoms with Gasteiger partial charge in [0.25, 0.3) is 0 Å². The van der Waals surface area contributed by atoms with Gasteiger partial charge in [0.1, 0.15) is 0 Å². The third-order valence-electron chi connectivity index (χ3n) is 4.11. The molecule has 19 heavy (non-hydrogen) atoms. The summed E-state index contributed by atoms with van der Waals surface area (Å²) in [6, 6.07) is 10.9. The molecule has 3 atom stereocenters. The number of piperidine rings is 1. The van der Waals surface area contributed by atoms with E-state index in [1.165, 1.54) is 5.56 Å². The second-order valence-electron chi connectivity index (χ2n) is 5.53. The van der Waals surface area contributed by atoms with Gasteiger partial charge in [-0.25, -0.2) is 0 Å². The molecule has 1 aromatic carbocycles. The van der Waals surface area contributed by atoms with Crippen molar-refractivity contribution >= 4 is 0 Å². The topological polar surface area (TPSA) is 38.5 Å². The number of benzene rings is 1. The van der Waals surface area contributed by atoms with Crippen LogP contribution in [0.25, 0.3) is 0 Å². The highest BCUT2D eigenvalue weighted by Gasteiger charge is 2.32. The first kappa shape index (κ1) is 14.5. The monoisotopic (exact) mass is 262 g/mol. The minimum absolute atomic E-state index is 0.255. The number of likely N-dealkylation sites (tertiary alicyclic amines) is 1. The van der Waals surface area contributed by atoms with Gasteiger partial charge in [-0.2, -0.15) is 0 Å². The lowest BCUT2D eigenvalue weighted by molar-refractivity contribution is 0.0810. The quantitative estimate of drug-likeness (QED) is 0.826. The lowest BCUT2D eigenvalue weighted by Gasteiger charge is -2.41. The Morgan fingerprint density at radius 1 is 1.26 bits per heavy atom. The molecule has 0 spiro atoms. The van der Waals surface area contributed by atoms with Crippen LogP contribution in [0.3, 0.4) is 0 Å². The number of hydrogen-bond acceptors (Lipinski definition) is 3. The summed E-state index contributed by atoms with van der Waals surface area (Å²) in [7, 11) is 0. The van der Waals surface area contributed by atoms with Gasteiger partial charge < -0.3 is 15.4 Å². The van der Waals surface area contributed by atoms with Gasteiger partial charge in [-0.3, -0.25) is 0 Å². The highest BCUT2D eigenvalue weighted by atomic mass is 16.5. The molecule has 0 saturated carbocycles. The molecule has 1 aliphatic heterocycles. The average molecular weight is 262 g/mol. The van der Waals surface area contributed by atoms with Crippen molar-refractivity contribution in [3.8, 4) is 0 Å². The molecule has 0 aliphatic carbocycles. The Bertz CT molecular complexity index is 368. The largest absolute Gasteiger partial charge is 0.380 e. The van der Waals surface area contributed by atoms with Gasteiger partial charge in [0.05, 0.1) is 6.61 Å². The summed E-state index contributed by atoms with van der Waals surface area (Å²) in [5.41, 5.74) is 7.78. The first-order valence-electron chi connectivity index (χ1n) is 7.33. The summed E-state index contributed by atoms with van der Waals surface area (Å²) in [6.07, 6.45) is 0. The van der Waals surface area contributed by atoms with Crippen molar-refractivity contribution in [2.45, 2.75) is 25.8 Å². The highest BCUT2D eigenvalue weighted by Crippen LogP contribution is 2.29. The Labute approximate surface area is 116 Å². The molecule has 0 aromatic heterocycles. The summed E-state index contributed by atoms with van der Waals surface area (Å²) < 4.78 is 5.47. The zero-order valence-electron chi connectivity index (χ0n) is 12.1. The van der Waals surface area contributed by atoms with Crippen LogP contribution in [-0.4, -0.2) is 43.8 Å². The first-order valence-corrected chi connectivity index (χ1v) is 7.33. The van der Waals surface area contributed by atoms with Crippen molar-refractivity contribution in [1.82, 2.24) is 4.90 Å². The minimum atomic E-state index is 0.255. The van der Waals surface area contributed by atoms with Gasteiger partial charge in [-0.05, 0) is 18.4 Å². The van der Waals surface area contributed by atoms with Crippen LogP contribution in [0.4, 0.5) is 0 Å². The molecule has 1 heterocycles. The van der Waals surface area contributed by atoms with E-state index in [2.05, 4.69) is 42.2 Å². The molecule has 1 aliphatic rings. The maximum atomic E-state index is 6.41. The number of rotatable bonds is 5. The standard InChI is InChI=1S/C16H26N2O/c1-3-19-10-9-18-11-13(2)16(17)15(12-18)14-7-5-4-6-8-14/h4-8,13,15-16H,3,9-12,17H2,1-2H3/t13-,15?,16+/m0/s1. The van der Waals surface area contributed by atoms with Gasteiger partial charge in [0, 0.05) is 38.2 Å². The lowest BCUT2D eigenvalue weighted by Crippen LogP contribution is -2.51. The van der Waals surface area contributed by atoms with Crippen LogP contribution >= 0.6 is 0 Å².